The highest BCUT2D eigenvalue weighted by atomic mass is 16.2. The fourth-order valence-corrected chi connectivity index (χ4v) is 2.20. The van der Waals surface area contributed by atoms with Gasteiger partial charge in [-0.1, -0.05) is 6.92 Å². The molecule has 110 valence electrons. The van der Waals surface area contributed by atoms with Crippen LogP contribution in [0.5, 0.6) is 0 Å². The first-order chi connectivity index (χ1) is 9.15. The van der Waals surface area contributed by atoms with E-state index in [4.69, 9.17) is 0 Å². The highest BCUT2D eigenvalue weighted by molar-refractivity contribution is 5.77. The second kappa shape index (κ2) is 8.87. The van der Waals surface area contributed by atoms with Gasteiger partial charge in [-0.05, 0) is 19.4 Å². The molecule has 0 saturated carbocycles. The van der Waals surface area contributed by atoms with Gasteiger partial charge in [0.25, 0.3) is 0 Å². The zero-order valence-electron chi connectivity index (χ0n) is 12.0. The lowest BCUT2D eigenvalue weighted by atomic mass is 10.0. The van der Waals surface area contributed by atoms with Gasteiger partial charge in [0, 0.05) is 39.1 Å². The van der Waals surface area contributed by atoms with Crippen molar-refractivity contribution in [3.05, 3.63) is 0 Å². The Hall–Kier alpha value is -1.14. The average Bonchev–Trinajstić information content (AvgIpc) is 2.41. The fraction of sp³-hybridized carbons (Fsp3) is 0.846. The number of amides is 2. The molecule has 0 aliphatic carbocycles. The van der Waals surface area contributed by atoms with Gasteiger partial charge in [0.15, 0.2) is 0 Å². The molecular weight excluding hydrogens is 244 g/mol. The number of piperidine rings is 1. The van der Waals surface area contributed by atoms with Crippen LogP contribution in [0.15, 0.2) is 0 Å². The van der Waals surface area contributed by atoms with E-state index in [2.05, 4.69) is 20.9 Å². The molecule has 1 aliphatic rings. The SMILES string of the molecule is CCNCCC(=O)NC1CCN(CC(=O)NC)CC1. The van der Waals surface area contributed by atoms with Crippen LogP contribution in [0.25, 0.3) is 0 Å². The molecule has 6 nitrogen and oxygen atoms in total. The van der Waals surface area contributed by atoms with Gasteiger partial charge in [-0.25, -0.2) is 0 Å². The van der Waals surface area contributed by atoms with Crippen molar-refractivity contribution < 1.29 is 9.59 Å². The van der Waals surface area contributed by atoms with Crippen LogP contribution < -0.4 is 16.0 Å². The monoisotopic (exact) mass is 270 g/mol. The summed E-state index contributed by atoms with van der Waals surface area (Å²) in [6.45, 7) is 5.85. The van der Waals surface area contributed by atoms with Gasteiger partial charge in [0.05, 0.1) is 6.54 Å². The second-order valence-corrected chi connectivity index (χ2v) is 4.89. The number of rotatable bonds is 7. The zero-order valence-corrected chi connectivity index (χ0v) is 12.0. The first-order valence-corrected chi connectivity index (χ1v) is 7.08. The van der Waals surface area contributed by atoms with E-state index in [1.54, 1.807) is 7.05 Å². The van der Waals surface area contributed by atoms with Crippen molar-refractivity contribution in [2.45, 2.75) is 32.2 Å². The number of nitrogens with zero attached hydrogens (tertiary/aromatic N) is 1. The third-order valence-electron chi connectivity index (χ3n) is 3.38. The number of nitrogens with one attached hydrogen (secondary N) is 3. The Morgan fingerprint density at radius 3 is 2.47 bits per heavy atom. The molecule has 0 spiro atoms. The van der Waals surface area contributed by atoms with Crippen molar-refractivity contribution in [2.24, 2.45) is 0 Å². The minimum atomic E-state index is 0.0492. The second-order valence-electron chi connectivity index (χ2n) is 4.89. The smallest absolute Gasteiger partial charge is 0.233 e. The normalized spacial score (nSPS) is 17.2. The van der Waals surface area contributed by atoms with Gasteiger partial charge in [0.2, 0.25) is 11.8 Å². The Kier molecular flexibility index (Phi) is 7.43. The predicted molar refractivity (Wildman–Crippen MR) is 74.8 cm³/mol. The number of hydrogen-bond acceptors (Lipinski definition) is 4. The van der Waals surface area contributed by atoms with E-state index >= 15 is 0 Å². The molecule has 0 atom stereocenters. The van der Waals surface area contributed by atoms with Crippen LogP contribution >= 0.6 is 0 Å². The molecule has 1 heterocycles. The zero-order chi connectivity index (χ0) is 14.1. The van der Waals surface area contributed by atoms with Gasteiger partial charge >= 0.3 is 0 Å². The molecule has 19 heavy (non-hydrogen) atoms. The molecular formula is C13H26N4O2. The van der Waals surface area contributed by atoms with E-state index in [1.807, 2.05) is 6.92 Å². The van der Waals surface area contributed by atoms with Crippen LogP contribution in [0.4, 0.5) is 0 Å². The number of hydrogen-bond donors (Lipinski definition) is 3. The maximum Gasteiger partial charge on any atom is 0.233 e. The van der Waals surface area contributed by atoms with Crippen molar-refractivity contribution in [1.82, 2.24) is 20.9 Å². The molecule has 0 aromatic heterocycles. The van der Waals surface area contributed by atoms with Crippen LogP contribution in [0.1, 0.15) is 26.2 Å². The van der Waals surface area contributed by atoms with Gasteiger partial charge < -0.3 is 16.0 Å². The molecule has 1 rings (SSSR count). The minimum Gasteiger partial charge on any atom is -0.358 e. The van der Waals surface area contributed by atoms with E-state index in [9.17, 15) is 9.59 Å². The summed E-state index contributed by atoms with van der Waals surface area (Å²) >= 11 is 0. The lowest BCUT2D eigenvalue weighted by molar-refractivity contribution is -0.123. The van der Waals surface area contributed by atoms with E-state index in [0.717, 1.165) is 39.0 Å². The third kappa shape index (κ3) is 6.54. The summed E-state index contributed by atoms with van der Waals surface area (Å²) in [5.74, 6) is 0.166. The first kappa shape index (κ1) is 15.9. The van der Waals surface area contributed by atoms with Gasteiger partial charge in [-0.2, -0.15) is 0 Å². The Morgan fingerprint density at radius 2 is 1.89 bits per heavy atom. The highest BCUT2D eigenvalue weighted by Gasteiger charge is 2.21. The van der Waals surface area contributed by atoms with E-state index in [1.165, 1.54) is 0 Å². The molecule has 1 aliphatic heterocycles. The Balaban J connectivity index is 2.15. The summed E-state index contributed by atoms with van der Waals surface area (Å²) in [6.07, 6.45) is 2.38. The number of likely N-dealkylation sites (N-methyl/N-ethyl adjacent to an activating group) is 1. The van der Waals surface area contributed by atoms with Crippen molar-refractivity contribution in [2.75, 3.05) is 39.8 Å². The molecule has 2 amide bonds. The third-order valence-corrected chi connectivity index (χ3v) is 3.38. The largest absolute Gasteiger partial charge is 0.358 e. The Labute approximate surface area is 115 Å². The first-order valence-electron chi connectivity index (χ1n) is 7.08. The number of likely N-dealkylation sites (tertiary alicyclic amines) is 1. The fourth-order valence-electron chi connectivity index (χ4n) is 2.20. The molecule has 0 aromatic rings. The molecule has 0 radical (unpaired) electrons. The van der Waals surface area contributed by atoms with E-state index in [-0.39, 0.29) is 17.9 Å². The van der Waals surface area contributed by atoms with E-state index in [0.29, 0.717) is 13.0 Å². The summed E-state index contributed by atoms with van der Waals surface area (Å²) in [7, 11) is 1.65. The van der Waals surface area contributed by atoms with Crippen molar-refractivity contribution in [3.63, 3.8) is 0 Å². The maximum absolute atomic E-state index is 11.7. The Morgan fingerprint density at radius 1 is 1.21 bits per heavy atom. The van der Waals surface area contributed by atoms with Gasteiger partial charge in [-0.3, -0.25) is 14.5 Å². The summed E-state index contributed by atoms with van der Waals surface area (Å²) < 4.78 is 0. The minimum absolute atomic E-state index is 0.0492. The van der Waals surface area contributed by atoms with Crippen LogP contribution in [0.3, 0.4) is 0 Å². The summed E-state index contributed by atoms with van der Waals surface area (Å²) in [5.41, 5.74) is 0. The highest BCUT2D eigenvalue weighted by Crippen LogP contribution is 2.09. The summed E-state index contributed by atoms with van der Waals surface area (Å²) in [4.78, 5) is 25.0. The van der Waals surface area contributed by atoms with Crippen LogP contribution in [-0.2, 0) is 9.59 Å². The quantitative estimate of drug-likeness (QED) is 0.536. The summed E-state index contributed by atoms with van der Waals surface area (Å²) in [5, 5.41) is 8.82. The molecule has 1 saturated heterocycles. The topological polar surface area (TPSA) is 73.5 Å². The molecule has 0 unspecified atom stereocenters. The number of carbonyl (C=O) groups excluding carboxylic acids is 2. The van der Waals surface area contributed by atoms with Crippen molar-refractivity contribution in [3.8, 4) is 0 Å². The van der Waals surface area contributed by atoms with Crippen molar-refractivity contribution >= 4 is 11.8 Å². The molecule has 3 N–H and O–H groups in total. The number of carbonyl (C=O) groups is 2. The predicted octanol–water partition coefficient (Wildman–Crippen LogP) is -0.687. The standard InChI is InChI=1S/C13H26N4O2/c1-3-15-7-4-12(18)16-11-5-8-17(9-6-11)10-13(19)14-2/h11,15H,3-10H2,1-2H3,(H,14,19)(H,16,18). The molecule has 0 aromatic carbocycles. The Bertz CT molecular complexity index is 288. The van der Waals surface area contributed by atoms with Crippen molar-refractivity contribution in [1.29, 1.82) is 0 Å². The summed E-state index contributed by atoms with van der Waals surface area (Å²) in [6, 6.07) is 0.259. The molecule has 0 bridgehead atoms. The molecule has 1 fully saturated rings. The van der Waals surface area contributed by atoms with Crippen LogP contribution in [-0.4, -0.2) is 62.5 Å². The van der Waals surface area contributed by atoms with E-state index < -0.39 is 0 Å². The lowest BCUT2D eigenvalue weighted by Crippen LogP contribution is -2.47. The maximum atomic E-state index is 11.7. The van der Waals surface area contributed by atoms with Gasteiger partial charge in [-0.15, -0.1) is 0 Å². The molecule has 6 heteroatoms. The lowest BCUT2D eigenvalue weighted by Gasteiger charge is -2.31. The van der Waals surface area contributed by atoms with Crippen LogP contribution in [0.2, 0.25) is 0 Å². The average molecular weight is 270 g/mol. The van der Waals surface area contributed by atoms with Crippen LogP contribution in [0, 0.1) is 0 Å². The van der Waals surface area contributed by atoms with Gasteiger partial charge in [0.1, 0.15) is 0 Å².